The van der Waals surface area contributed by atoms with Crippen LogP contribution in [-0.2, 0) is 0 Å². The summed E-state index contributed by atoms with van der Waals surface area (Å²) in [5, 5.41) is 6.74. The minimum Gasteiger partial charge on any atom is -0.455 e. The molecule has 0 aliphatic rings. The molecule has 5 aromatic carbocycles. The second-order valence-corrected chi connectivity index (χ2v) is 15.7. The van der Waals surface area contributed by atoms with Crippen molar-refractivity contribution in [2.24, 2.45) is 0 Å². The second kappa shape index (κ2) is 11.9. The fraction of sp³-hybridized carbons (Fsp3) is 0. The van der Waals surface area contributed by atoms with Crippen molar-refractivity contribution < 1.29 is 4.42 Å². The number of fused-ring (bicyclic) bond motifs is 12. The van der Waals surface area contributed by atoms with Crippen LogP contribution in [0.4, 0.5) is 0 Å². The van der Waals surface area contributed by atoms with Gasteiger partial charge in [0.15, 0.2) is 0 Å². The van der Waals surface area contributed by atoms with Gasteiger partial charge < -0.3 is 13.6 Å². The fourth-order valence-electron chi connectivity index (χ4n) is 9.14. The molecule has 0 saturated heterocycles. The highest BCUT2D eigenvalue weighted by atomic mass is 32.1. The molecule has 13 rings (SSSR count). The number of nitrogens with zero attached hydrogens (tertiary/aromatic N) is 6. The Morgan fingerprint density at radius 1 is 0.431 bits per heavy atom. The Labute approximate surface area is 333 Å². The first-order valence-corrected chi connectivity index (χ1v) is 20.0. The van der Waals surface area contributed by atoms with Crippen LogP contribution in [0.1, 0.15) is 0 Å². The standard InChI is InChI=1S/C50H28N6OS/c1-2-11-31(37-25-51-26-38-39-27-52-28-44(50(39)58-49(37)38)56-40-16-5-3-12-32(40)33-13-4-6-17-41(33)56)30(10-1)34-14-7-15-35-36-24-29(20-21-45(36)57-48(34)35)55-42-18-8-22-53-46(42)47-43(55)19-9-23-54-47/h1-28H. The molecule has 7 nitrogen and oxygen atoms in total. The van der Waals surface area contributed by atoms with Crippen molar-refractivity contribution in [2.75, 3.05) is 0 Å². The second-order valence-electron chi connectivity index (χ2n) is 14.7. The summed E-state index contributed by atoms with van der Waals surface area (Å²) in [7, 11) is 0. The van der Waals surface area contributed by atoms with E-state index in [1.807, 2.05) is 49.3 Å². The van der Waals surface area contributed by atoms with Crippen molar-refractivity contribution in [3.05, 3.63) is 171 Å². The Bertz CT molecular complexity index is 3730. The van der Waals surface area contributed by atoms with Gasteiger partial charge in [-0.25, -0.2) is 0 Å². The first-order valence-electron chi connectivity index (χ1n) is 19.2. The SMILES string of the molecule is c1ccc(-c2cncc3c2sc2c(-n4c5ccccc5c5ccccc54)cncc23)c(-c2cccc3c2oc2ccc(-n4c5cccnc5c5ncccc54)cc23)c1. The highest BCUT2D eigenvalue weighted by molar-refractivity contribution is 7.26. The van der Waals surface area contributed by atoms with Gasteiger partial charge in [0.2, 0.25) is 0 Å². The van der Waals surface area contributed by atoms with Crippen molar-refractivity contribution in [1.82, 2.24) is 29.1 Å². The lowest BCUT2D eigenvalue weighted by Crippen LogP contribution is -1.94. The molecule has 0 saturated carbocycles. The molecule has 0 unspecified atom stereocenters. The van der Waals surface area contributed by atoms with E-state index in [2.05, 4.69) is 130 Å². The van der Waals surface area contributed by atoms with Gasteiger partial charge in [0.25, 0.3) is 0 Å². The first-order chi connectivity index (χ1) is 28.8. The zero-order valence-electron chi connectivity index (χ0n) is 30.7. The monoisotopic (exact) mass is 760 g/mol. The van der Waals surface area contributed by atoms with Crippen molar-refractivity contribution >= 4 is 97.3 Å². The predicted molar refractivity (Wildman–Crippen MR) is 237 cm³/mol. The van der Waals surface area contributed by atoms with Crippen LogP contribution in [0.25, 0.3) is 120 Å². The van der Waals surface area contributed by atoms with Gasteiger partial charge in [-0.3, -0.25) is 19.9 Å². The number of furan rings is 1. The predicted octanol–water partition coefficient (Wildman–Crippen LogP) is 13.1. The molecule has 0 atom stereocenters. The van der Waals surface area contributed by atoms with Crippen LogP contribution in [0.3, 0.4) is 0 Å². The molecule has 0 spiro atoms. The van der Waals surface area contributed by atoms with Crippen LogP contribution in [0.15, 0.2) is 175 Å². The van der Waals surface area contributed by atoms with Crippen molar-refractivity contribution in [2.45, 2.75) is 0 Å². The highest BCUT2D eigenvalue weighted by Gasteiger charge is 2.22. The summed E-state index contributed by atoms with van der Waals surface area (Å²) in [6, 6.07) is 46.9. The Kier molecular flexibility index (Phi) is 6.47. The van der Waals surface area contributed by atoms with Gasteiger partial charge >= 0.3 is 0 Å². The number of para-hydroxylation sites is 3. The topological polar surface area (TPSA) is 74.6 Å². The molecule has 13 aromatic rings. The summed E-state index contributed by atoms with van der Waals surface area (Å²) >= 11 is 1.80. The maximum absolute atomic E-state index is 6.78. The van der Waals surface area contributed by atoms with Crippen LogP contribution in [-0.4, -0.2) is 29.1 Å². The third-order valence-corrected chi connectivity index (χ3v) is 12.9. The average Bonchev–Trinajstić information content (AvgIpc) is 4.04. The van der Waals surface area contributed by atoms with Crippen LogP contribution in [0.5, 0.6) is 0 Å². The summed E-state index contributed by atoms with van der Waals surface area (Å²) in [5.74, 6) is 0. The normalized spacial score (nSPS) is 12.1. The third kappa shape index (κ3) is 4.32. The lowest BCUT2D eigenvalue weighted by atomic mass is 9.93. The van der Waals surface area contributed by atoms with E-state index < -0.39 is 0 Å². The number of hydrogen-bond donors (Lipinski definition) is 0. The average molecular weight is 761 g/mol. The zero-order chi connectivity index (χ0) is 37.9. The lowest BCUT2D eigenvalue weighted by molar-refractivity contribution is 0.670. The lowest BCUT2D eigenvalue weighted by Gasteiger charge is -2.11. The van der Waals surface area contributed by atoms with E-state index in [0.717, 1.165) is 99.4 Å². The van der Waals surface area contributed by atoms with Gasteiger partial charge in [0.05, 0.1) is 38.7 Å². The maximum Gasteiger partial charge on any atom is 0.143 e. The van der Waals surface area contributed by atoms with Gasteiger partial charge in [0.1, 0.15) is 22.2 Å². The van der Waals surface area contributed by atoms with Gasteiger partial charge in [-0.15, -0.1) is 11.3 Å². The smallest absolute Gasteiger partial charge is 0.143 e. The highest BCUT2D eigenvalue weighted by Crippen LogP contribution is 2.46. The van der Waals surface area contributed by atoms with Crippen LogP contribution in [0, 0.1) is 0 Å². The summed E-state index contributed by atoms with van der Waals surface area (Å²) < 4.78 is 13.7. The van der Waals surface area contributed by atoms with E-state index in [4.69, 9.17) is 24.4 Å². The van der Waals surface area contributed by atoms with E-state index in [9.17, 15) is 0 Å². The zero-order valence-corrected chi connectivity index (χ0v) is 31.5. The molecule has 0 amide bonds. The Morgan fingerprint density at radius 2 is 1.03 bits per heavy atom. The molecule has 8 heteroatoms. The van der Waals surface area contributed by atoms with Crippen molar-refractivity contribution in [3.63, 3.8) is 0 Å². The van der Waals surface area contributed by atoms with Crippen LogP contribution >= 0.6 is 11.3 Å². The van der Waals surface area contributed by atoms with E-state index in [1.165, 1.54) is 20.2 Å². The molecule has 0 N–H and O–H groups in total. The largest absolute Gasteiger partial charge is 0.455 e. The molecule has 270 valence electrons. The molecule has 8 aromatic heterocycles. The van der Waals surface area contributed by atoms with E-state index in [0.29, 0.717) is 0 Å². The number of aromatic nitrogens is 6. The molecular weight excluding hydrogens is 733 g/mol. The van der Waals surface area contributed by atoms with Gasteiger partial charge in [0, 0.05) is 84.8 Å². The van der Waals surface area contributed by atoms with E-state index >= 15 is 0 Å². The summed E-state index contributed by atoms with van der Waals surface area (Å²) in [4.78, 5) is 19.1. The third-order valence-electron chi connectivity index (χ3n) is 11.6. The molecule has 0 fully saturated rings. The molecule has 0 aliphatic carbocycles. The van der Waals surface area contributed by atoms with Crippen molar-refractivity contribution in [1.29, 1.82) is 0 Å². The number of benzene rings is 5. The number of hydrogen-bond acceptors (Lipinski definition) is 6. The Hall–Kier alpha value is -7.68. The summed E-state index contributed by atoms with van der Waals surface area (Å²) in [6.45, 7) is 0. The molecular formula is C50H28N6OS. The molecule has 0 bridgehead atoms. The fourth-order valence-corrected chi connectivity index (χ4v) is 10.4. The summed E-state index contributed by atoms with van der Waals surface area (Å²) in [5.41, 5.74) is 14.2. The van der Waals surface area contributed by atoms with Crippen LogP contribution < -0.4 is 0 Å². The number of rotatable bonds is 4. The minimum atomic E-state index is 0.832. The Balaban J connectivity index is 1.00. The minimum absolute atomic E-state index is 0.832. The Morgan fingerprint density at radius 3 is 1.78 bits per heavy atom. The molecule has 0 radical (unpaired) electrons. The summed E-state index contributed by atoms with van der Waals surface area (Å²) in [6.07, 6.45) is 11.6. The quantitative estimate of drug-likeness (QED) is 0.179. The number of thiophene rings is 1. The van der Waals surface area contributed by atoms with Crippen LogP contribution in [0.2, 0.25) is 0 Å². The van der Waals surface area contributed by atoms with E-state index in [1.54, 1.807) is 11.3 Å². The number of pyridine rings is 4. The van der Waals surface area contributed by atoms with Crippen molar-refractivity contribution in [3.8, 4) is 33.6 Å². The van der Waals surface area contributed by atoms with Gasteiger partial charge in [-0.05, 0) is 65.7 Å². The maximum atomic E-state index is 6.78. The van der Waals surface area contributed by atoms with Gasteiger partial charge in [-0.2, -0.15) is 0 Å². The molecule has 58 heavy (non-hydrogen) atoms. The first kappa shape index (κ1) is 31.5. The molecule has 8 heterocycles. The molecule has 0 aliphatic heterocycles. The van der Waals surface area contributed by atoms with Gasteiger partial charge in [-0.1, -0.05) is 78.9 Å². The van der Waals surface area contributed by atoms with E-state index in [-0.39, 0.29) is 0 Å².